The van der Waals surface area contributed by atoms with E-state index in [-0.39, 0.29) is 5.97 Å². The number of pyridine rings is 1. The molecular formula is C15H17N3O2. The number of carbonyl (C=O) groups is 1. The van der Waals surface area contributed by atoms with E-state index in [9.17, 15) is 4.79 Å². The molecule has 0 radical (unpaired) electrons. The maximum absolute atomic E-state index is 12.3. The van der Waals surface area contributed by atoms with Crippen LogP contribution in [0.3, 0.4) is 0 Å². The molecule has 5 heteroatoms. The SMILES string of the molecule is CCOC(=O)C1(c2nc3cccnc3n2C2CC2)CC1. The first-order valence-electron chi connectivity index (χ1n) is 7.27. The van der Waals surface area contributed by atoms with E-state index in [4.69, 9.17) is 9.72 Å². The lowest BCUT2D eigenvalue weighted by Crippen LogP contribution is -2.27. The Morgan fingerprint density at radius 2 is 2.30 bits per heavy atom. The summed E-state index contributed by atoms with van der Waals surface area (Å²) < 4.78 is 7.44. The Morgan fingerprint density at radius 1 is 1.50 bits per heavy atom. The van der Waals surface area contributed by atoms with Crippen molar-refractivity contribution in [2.45, 2.75) is 44.1 Å². The summed E-state index contributed by atoms with van der Waals surface area (Å²) in [7, 11) is 0. The molecule has 2 heterocycles. The number of imidazole rings is 1. The third-order valence-corrected chi connectivity index (χ3v) is 4.21. The number of esters is 1. The van der Waals surface area contributed by atoms with Gasteiger partial charge in [0.15, 0.2) is 5.65 Å². The Balaban J connectivity index is 1.87. The number of rotatable bonds is 4. The van der Waals surface area contributed by atoms with Crippen LogP contribution >= 0.6 is 0 Å². The number of nitrogens with zero attached hydrogens (tertiary/aromatic N) is 3. The van der Waals surface area contributed by atoms with Gasteiger partial charge in [-0.1, -0.05) is 0 Å². The van der Waals surface area contributed by atoms with Crippen molar-refractivity contribution in [2.24, 2.45) is 0 Å². The van der Waals surface area contributed by atoms with E-state index in [0.29, 0.717) is 12.6 Å². The number of fused-ring (bicyclic) bond motifs is 1. The molecule has 4 rings (SSSR count). The van der Waals surface area contributed by atoms with Crippen LogP contribution in [0.4, 0.5) is 0 Å². The van der Waals surface area contributed by atoms with Crippen molar-refractivity contribution in [2.75, 3.05) is 6.61 Å². The quantitative estimate of drug-likeness (QED) is 0.801. The fraction of sp³-hybridized carbons (Fsp3) is 0.533. The first-order valence-corrected chi connectivity index (χ1v) is 7.27. The Labute approximate surface area is 117 Å². The number of hydrogen-bond acceptors (Lipinski definition) is 4. The largest absolute Gasteiger partial charge is 0.465 e. The lowest BCUT2D eigenvalue weighted by atomic mass is 10.1. The smallest absolute Gasteiger partial charge is 0.319 e. The normalized spacial score (nSPS) is 20.1. The molecule has 5 nitrogen and oxygen atoms in total. The van der Waals surface area contributed by atoms with Crippen LogP contribution in [-0.2, 0) is 14.9 Å². The molecule has 2 aliphatic carbocycles. The summed E-state index contributed by atoms with van der Waals surface area (Å²) in [6, 6.07) is 4.31. The molecule has 0 bridgehead atoms. The zero-order chi connectivity index (χ0) is 13.7. The van der Waals surface area contributed by atoms with Gasteiger partial charge in [-0.05, 0) is 44.7 Å². The molecule has 0 spiro atoms. The molecule has 2 fully saturated rings. The first kappa shape index (κ1) is 11.9. The van der Waals surface area contributed by atoms with Crippen LogP contribution in [0.25, 0.3) is 11.2 Å². The van der Waals surface area contributed by atoms with Gasteiger partial charge in [-0.15, -0.1) is 0 Å². The second-order valence-corrected chi connectivity index (χ2v) is 5.69. The molecule has 0 atom stereocenters. The van der Waals surface area contributed by atoms with Gasteiger partial charge >= 0.3 is 5.97 Å². The van der Waals surface area contributed by atoms with Crippen molar-refractivity contribution in [3.05, 3.63) is 24.2 Å². The van der Waals surface area contributed by atoms with Crippen LogP contribution in [0.2, 0.25) is 0 Å². The van der Waals surface area contributed by atoms with Crippen LogP contribution in [0.1, 0.15) is 44.5 Å². The average molecular weight is 271 g/mol. The van der Waals surface area contributed by atoms with E-state index in [1.807, 2.05) is 19.1 Å². The first-order chi connectivity index (χ1) is 9.76. The van der Waals surface area contributed by atoms with Crippen molar-refractivity contribution < 1.29 is 9.53 Å². The minimum atomic E-state index is -0.515. The summed E-state index contributed by atoms with van der Waals surface area (Å²) in [4.78, 5) is 21.5. The van der Waals surface area contributed by atoms with Crippen LogP contribution in [0.15, 0.2) is 18.3 Å². The van der Waals surface area contributed by atoms with Gasteiger partial charge in [0.05, 0.1) is 6.61 Å². The second kappa shape index (κ2) is 4.04. The highest BCUT2D eigenvalue weighted by molar-refractivity contribution is 5.87. The maximum Gasteiger partial charge on any atom is 0.319 e. The lowest BCUT2D eigenvalue weighted by Gasteiger charge is -2.15. The highest BCUT2D eigenvalue weighted by Crippen LogP contribution is 2.52. The second-order valence-electron chi connectivity index (χ2n) is 5.69. The van der Waals surface area contributed by atoms with E-state index in [0.717, 1.165) is 42.7 Å². The average Bonchev–Trinajstić information content (AvgIpc) is 3.36. The Morgan fingerprint density at radius 3 is 2.95 bits per heavy atom. The molecule has 0 aliphatic heterocycles. The highest BCUT2D eigenvalue weighted by atomic mass is 16.5. The summed E-state index contributed by atoms with van der Waals surface area (Å²) in [6.45, 7) is 2.27. The molecule has 2 aromatic heterocycles. The maximum atomic E-state index is 12.3. The minimum absolute atomic E-state index is 0.128. The van der Waals surface area contributed by atoms with Crippen LogP contribution in [0, 0.1) is 0 Å². The molecule has 0 saturated heterocycles. The molecule has 0 amide bonds. The van der Waals surface area contributed by atoms with Gasteiger partial charge in [0.25, 0.3) is 0 Å². The van der Waals surface area contributed by atoms with E-state index < -0.39 is 5.41 Å². The van der Waals surface area contributed by atoms with E-state index >= 15 is 0 Å². The van der Waals surface area contributed by atoms with Crippen LogP contribution in [-0.4, -0.2) is 27.1 Å². The fourth-order valence-corrected chi connectivity index (χ4v) is 2.86. The van der Waals surface area contributed by atoms with Crippen molar-refractivity contribution >= 4 is 17.1 Å². The summed E-state index contributed by atoms with van der Waals surface area (Å²) in [5, 5.41) is 0. The van der Waals surface area contributed by atoms with Gasteiger partial charge < -0.3 is 9.30 Å². The molecule has 104 valence electrons. The zero-order valence-corrected chi connectivity index (χ0v) is 11.5. The number of aromatic nitrogens is 3. The van der Waals surface area contributed by atoms with Gasteiger partial charge in [0, 0.05) is 12.2 Å². The van der Waals surface area contributed by atoms with Crippen molar-refractivity contribution in [3.8, 4) is 0 Å². The standard InChI is InChI=1S/C15H17N3O2/c1-2-20-14(19)15(7-8-15)13-17-11-4-3-9-16-12(11)18(13)10-5-6-10/h3-4,9-10H,2,5-8H2,1H3. The molecule has 2 saturated carbocycles. The summed E-state index contributed by atoms with van der Waals surface area (Å²) in [5.74, 6) is 0.740. The lowest BCUT2D eigenvalue weighted by molar-refractivity contribution is -0.146. The predicted molar refractivity (Wildman–Crippen MR) is 73.3 cm³/mol. The van der Waals surface area contributed by atoms with E-state index in [2.05, 4.69) is 9.55 Å². The van der Waals surface area contributed by atoms with Gasteiger partial charge in [0.1, 0.15) is 16.8 Å². The monoisotopic (exact) mass is 271 g/mol. The van der Waals surface area contributed by atoms with Crippen LogP contribution < -0.4 is 0 Å². The molecule has 2 aliphatic rings. The zero-order valence-electron chi connectivity index (χ0n) is 11.5. The third kappa shape index (κ3) is 1.58. The summed E-state index contributed by atoms with van der Waals surface area (Å²) in [5.41, 5.74) is 1.27. The number of carbonyl (C=O) groups excluding carboxylic acids is 1. The minimum Gasteiger partial charge on any atom is -0.465 e. The van der Waals surface area contributed by atoms with E-state index in [1.165, 1.54) is 0 Å². The predicted octanol–water partition coefficient (Wildman–Crippen LogP) is 2.36. The molecule has 0 unspecified atom stereocenters. The van der Waals surface area contributed by atoms with Crippen molar-refractivity contribution in [1.82, 2.24) is 14.5 Å². The Hall–Kier alpha value is -1.91. The molecule has 20 heavy (non-hydrogen) atoms. The fourth-order valence-electron chi connectivity index (χ4n) is 2.86. The summed E-state index contributed by atoms with van der Waals surface area (Å²) in [6.07, 6.45) is 5.75. The third-order valence-electron chi connectivity index (χ3n) is 4.21. The van der Waals surface area contributed by atoms with Crippen molar-refractivity contribution in [3.63, 3.8) is 0 Å². The van der Waals surface area contributed by atoms with Gasteiger partial charge in [-0.2, -0.15) is 0 Å². The molecule has 0 aromatic carbocycles. The summed E-state index contributed by atoms with van der Waals surface area (Å²) >= 11 is 0. The molecular weight excluding hydrogens is 254 g/mol. The number of ether oxygens (including phenoxy) is 1. The number of hydrogen-bond donors (Lipinski definition) is 0. The molecule has 0 N–H and O–H groups in total. The van der Waals surface area contributed by atoms with E-state index in [1.54, 1.807) is 6.20 Å². The van der Waals surface area contributed by atoms with Gasteiger partial charge in [0.2, 0.25) is 0 Å². The van der Waals surface area contributed by atoms with Gasteiger partial charge in [-0.25, -0.2) is 9.97 Å². The van der Waals surface area contributed by atoms with Crippen LogP contribution in [0.5, 0.6) is 0 Å². The molecule has 2 aromatic rings. The Kier molecular flexibility index (Phi) is 2.40. The van der Waals surface area contributed by atoms with Crippen molar-refractivity contribution in [1.29, 1.82) is 0 Å². The van der Waals surface area contributed by atoms with Gasteiger partial charge in [-0.3, -0.25) is 4.79 Å². The highest BCUT2D eigenvalue weighted by Gasteiger charge is 2.57. The topological polar surface area (TPSA) is 57.0 Å². The Bertz CT molecular complexity index is 683.